The van der Waals surface area contributed by atoms with Crippen LogP contribution in [0.2, 0.25) is 14.8 Å². The van der Waals surface area contributed by atoms with Crippen molar-refractivity contribution < 1.29 is 17.9 Å². The van der Waals surface area contributed by atoms with E-state index in [1.54, 1.807) is 10.7 Å². The topological polar surface area (TPSA) is 44.3 Å². The normalized spacial score (nSPS) is 19.5. The van der Waals surface area contributed by atoms with Crippen LogP contribution >= 0.6 is 0 Å². The third kappa shape index (κ3) is 2.90. The summed E-state index contributed by atoms with van der Waals surface area (Å²) < 4.78 is 49.9. The van der Waals surface area contributed by atoms with Gasteiger partial charge in [-0.1, -0.05) is 0 Å². The van der Waals surface area contributed by atoms with Gasteiger partial charge in [-0.15, -0.1) is 0 Å². The van der Waals surface area contributed by atoms with Crippen LogP contribution in [0, 0.1) is 0 Å². The van der Waals surface area contributed by atoms with Crippen LogP contribution in [0.25, 0.3) is 16.6 Å². The van der Waals surface area contributed by atoms with Crippen molar-refractivity contribution in [1.82, 2.24) is 19.4 Å². The Morgan fingerprint density at radius 3 is 2.54 bits per heavy atom. The molecule has 0 spiro atoms. The van der Waals surface area contributed by atoms with E-state index >= 15 is 0 Å². The molecule has 4 rings (SSSR count). The molecule has 1 atom stereocenters. The Kier molecular flexibility index (Phi) is 4.26. The Bertz CT molecular complexity index is 964. The van der Waals surface area contributed by atoms with Crippen LogP contribution in [0.3, 0.4) is 0 Å². The van der Waals surface area contributed by atoms with Gasteiger partial charge in [-0.05, 0) is 0 Å². The number of halogens is 3. The molecule has 1 unspecified atom stereocenters. The van der Waals surface area contributed by atoms with Crippen LogP contribution in [0.15, 0.2) is 18.2 Å². The third-order valence-corrected chi connectivity index (χ3v) is 9.78. The monoisotopic (exact) mass is 474 g/mol. The molecule has 0 bridgehead atoms. The fourth-order valence-electron chi connectivity index (χ4n) is 3.51. The molecule has 4 heterocycles. The summed E-state index contributed by atoms with van der Waals surface area (Å²) in [5, 5.41) is 9.91. The van der Waals surface area contributed by atoms with Crippen LogP contribution in [0.5, 0.6) is 0 Å². The Balaban J connectivity index is 2.05. The average molecular weight is 473 g/mol. The summed E-state index contributed by atoms with van der Waals surface area (Å²) in [4.78, 5) is 6.62. The van der Waals surface area contributed by atoms with Gasteiger partial charge in [0.25, 0.3) is 0 Å². The van der Waals surface area contributed by atoms with Crippen molar-refractivity contribution in [2.24, 2.45) is 0 Å². The molecule has 0 aromatic carbocycles. The summed E-state index contributed by atoms with van der Waals surface area (Å²) in [6.07, 6.45) is -1.91. The molecule has 9 heteroatoms. The maximum atomic E-state index is 13.4. The summed E-state index contributed by atoms with van der Waals surface area (Å²) in [6, 6.07) is 4.20. The van der Waals surface area contributed by atoms with Crippen molar-refractivity contribution in [3.8, 4) is 0 Å². The predicted octanol–water partition coefficient (Wildman–Crippen LogP) is 3.95. The minimum absolute atomic E-state index is 0.257. The van der Waals surface area contributed by atoms with Crippen LogP contribution in [-0.4, -0.2) is 44.4 Å². The Morgan fingerprint density at radius 2 is 1.92 bits per heavy atom. The Labute approximate surface area is 153 Å². The Morgan fingerprint density at radius 1 is 1.15 bits per heavy atom. The van der Waals surface area contributed by atoms with Crippen molar-refractivity contribution in [3.05, 3.63) is 23.9 Å². The SMILES string of the molecule is [CH3][Sn]([CH3])([CH3])[c]1nn(C2CCCCO2)c2nn3c(C(F)(F)F)cccc3c12. The van der Waals surface area contributed by atoms with Gasteiger partial charge in [0.15, 0.2) is 0 Å². The number of ether oxygens (including phenoxy) is 1. The van der Waals surface area contributed by atoms with Gasteiger partial charge in [0.05, 0.1) is 0 Å². The number of nitrogens with zero attached hydrogens (tertiary/aromatic N) is 4. The quantitative estimate of drug-likeness (QED) is 0.530. The first kappa shape index (κ1) is 18.1. The maximum absolute atomic E-state index is 13.4. The molecule has 3 aromatic heterocycles. The number of alkyl halides is 3. The molecule has 0 saturated carbocycles. The molecule has 0 radical (unpaired) electrons. The fourth-order valence-corrected chi connectivity index (χ4v) is 7.50. The molecule has 3 aromatic rings. The van der Waals surface area contributed by atoms with Gasteiger partial charge in [-0.2, -0.15) is 0 Å². The van der Waals surface area contributed by atoms with E-state index in [1.807, 2.05) is 0 Å². The molecule has 0 amide bonds. The second kappa shape index (κ2) is 6.12. The van der Waals surface area contributed by atoms with Crippen LogP contribution in [-0.2, 0) is 10.9 Å². The first-order chi connectivity index (χ1) is 12.2. The fraction of sp³-hybridized carbons (Fsp3) is 0.529. The Hall–Kier alpha value is -1.29. The van der Waals surface area contributed by atoms with Crippen molar-refractivity contribution in [2.45, 2.75) is 46.5 Å². The molecule has 1 aliphatic rings. The molecule has 0 aliphatic carbocycles. The van der Waals surface area contributed by atoms with Crippen molar-refractivity contribution in [3.63, 3.8) is 0 Å². The van der Waals surface area contributed by atoms with E-state index in [1.165, 1.54) is 6.07 Å². The van der Waals surface area contributed by atoms with Gasteiger partial charge in [-0.25, -0.2) is 0 Å². The number of fused-ring (bicyclic) bond motifs is 3. The standard InChI is InChI=1S/C14H12F3N4O.3CH3.Sn/c15-14(16,17)11-5-3-4-10-9-8-18-21(13(9)19-20(10)11)12-6-1-2-7-22-12;;;;/h3-5,12H,1-2,6-7H2;3*1H3;. The van der Waals surface area contributed by atoms with Gasteiger partial charge in [0.1, 0.15) is 0 Å². The van der Waals surface area contributed by atoms with Crippen LogP contribution in [0.1, 0.15) is 31.2 Å². The number of hydrogen-bond donors (Lipinski definition) is 0. The van der Waals surface area contributed by atoms with Gasteiger partial charge >= 0.3 is 153 Å². The third-order valence-electron chi connectivity index (χ3n) is 4.73. The van der Waals surface area contributed by atoms with E-state index < -0.39 is 30.2 Å². The number of aromatic nitrogens is 4. The summed E-state index contributed by atoms with van der Waals surface area (Å²) in [5.41, 5.74) is 0.200. The van der Waals surface area contributed by atoms with E-state index in [0.29, 0.717) is 17.8 Å². The zero-order valence-electron chi connectivity index (χ0n) is 15.0. The van der Waals surface area contributed by atoms with E-state index in [9.17, 15) is 13.2 Å². The molecule has 26 heavy (non-hydrogen) atoms. The number of hydrogen-bond acceptors (Lipinski definition) is 3. The van der Waals surface area contributed by atoms with E-state index in [-0.39, 0.29) is 6.23 Å². The number of rotatable bonds is 2. The molecular weight excluding hydrogens is 452 g/mol. The van der Waals surface area contributed by atoms with E-state index in [2.05, 4.69) is 19.9 Å². The van der Waals surface area contributed by atoms with E-state index in [4.69, 9.17) is 9.84 Å². The summed E-state index contributed by atoms with van der Waals surface area (Å²) >= 11 is -2.71. The first-order valence-electron chi connectivity index (χ1n) is 8.77. The average Bonchev–Trinajstić information content (AvgIpc) is 3.10. The second-order valence-electron chi connectivity index (χ2n) is 7.77. The van der Waals surface area contributed by atoms with Crippen molar-refractivity contribution in [2.75, 3.05) is 6.61 Å². The predicted molar refractivity (Wildman–Crippen MR) is 95.3 cm³/mol. The summed E-state index contributed by atoms with van der Waals surface area (Å²) in [6.45, 7) is 0.640. The molecule has 140 valence electrons. The molecule has 1 aliphatic heterocycles. The van der Waals surface area contributed by atoms with Crippen LogP contribution in [0.4, 0.5) is 13.2 Å². The molecule has 0 N–H and O–H groups in total. The van der Waals surface area contributed by atoms with Crippen molar-refractivity contribution >= 4 is 38.6 Å². The van der Waals surface area contributed by atoms with Gasteiger partial charge < -0.3 is 0 Å². The minimum atomic E-state index is -4.46. The zero-order chi connectivity index (χ0) is 18.7. The molecular formula is C17H21F3N4OSn. The zero-order valence-corrected chi connectivity index (χ0v) is 17.8. The summed E-state index contributed by atoms with van der Waals surface area (Å²) in [5.74, 6) is 0. The molecule has 1 saturated heterocycles. The van der Waals surface area contributed by atoms with E-state index in [0.717, 1.165) is 38.9 Å². The van der Waals surface area contributed by atoms with Gasteiger partial charge in [0, 0.05) is 0 Å². The van der Waals surface area contributed by atoms with Crippen LogP contribution < -0.4 is 3.71 Å². The first-order valence-corrected chi connectivity index (χ1v) is 18.8. The summed E-state index contributed by atoms with van der Waals surface area (Å²) in [7, 11) is 0. The number of pyridine rings is 1. The van der Waals surface area contributed by atoms with Crippen molar-refractivity contribution in [1.29, 1.82) is 0 Å². The van der Waals surface area contributed by atoms with Gasteiger partial charge in [-0.3, -0.25) is 0 Å². The molecule has 5 nitrogen and oxygen atoms in total. The van der Waals surface area contributed by atoms with Gasteiger partial charge in [0.2, 0.25) is 0 Å². The molecule has 1 fully saturated rings. The second-order valence-corrected chi connectivity index (χ2v) is 22.0.